The molecule has 0 saturated heterocycles. The summed E-state index contributed by atoms with van der Waals surface area (Å²) in [5.74, 6) is 0. The third-order valence-corrected chi connectivity index (χ3v) is 3.96. The van der Waals surface area contributed by atoms with Gasteiger partial charge in [-0.25, -0.2) is 0 Å². The number of hydrogen-bond acceptors (Lipinski definition) is 0. The van der Waals surface area contributed by atoms with Crippen LogP contribution < -0.4 is 0 Å². The maximum absolute atomic E-state index is 2.42. The van der Waals surface area contributed by atoms with Crippen molar-refractivity contribution in [1.82, 2.24) is 0 Å². The van der Waals surface area contributed by atoms with Crippen LogP contribution in [0.2, 0.25) is 0 Å². The summed E-state index contributed by atoms with van der Waals surface area (Å²) in [6, 6.07) is 21.4. The van der Waals surface area contributed by atoms with E-state index in [4.69, 9.17) is 0 Å². The highest BCUT2D eigenvalue weighted by atomic mass is 14.2. The number of allylic oxidation sites excluding steroid dienone is 1. The molecule has 0 fully saturated rings. The van der Waals surface area contributed by atoms with E-state index in [0.717, 1.165) is 6.42 Å². The highest BCUT2D eigenvalue weighted by molar-refractivity contribution is 5.79. The van der Waals surface area contributed by atoms with Crippen molar-refractivity contribution in [2.24, 2.45) is 5.41 Å². The molecule has 2 aromatic rings. The largest absolute Gasteiger partial charge is 0.0755 e. The molecule has 21 heavy (non-hydrogen) atoms. The Balaban J connectivity index is 2.33. The van der Waals surface area contributed by atoms with Gasteiger partial charge in [-0.1, -0.05) is 93.9 Å². The molecule has 0 aliphatic rings. The van der Waals surface area contributed by atoms with Crippen molar-refractivity contribution in [3.05, 3.63) is 77.9 Å². The predicted molar refractivity (Wildman–Crippen MR) is 93.3 cm³/mol. The van der Waals surface area contributed by atoms with Gasteiger partial charge < -0.3 is 0 Å². The van der Waals surface area contributed by atoms with Gasteiger partial charge in [0.2, 0.25) is 0 Å². The van der Waals surface area contributed by atoms with E-state index in [9.17, 15) is 0 Å². The Morgan fingerprint density at radius 2 is 1.33 bits per heavy atom. The fraction of sp³-hybridized carbons (Fsp3) is 0.333. The zero-order chi connectivity index (χ0) is 15.1. The fourth-order valence-electron chi connectivity index (χ4n) is 2.79. The van der Waals surface area contributed by atoms with Crippen molar-refractivity contribution in [3.8, 4) is 0 Å². The Hall–Kier alpha value is -1.82. The van der Waals surface area contributed by atoms with Gasteiger partial charge in [0, 0.05) is 0 Å². The molecule has 0 saturated carbocycles. The third kappa shape index (κ3) is 4.60. The van der Waals surface area contributed by atoms with E-state index >= 15 is 0 Å². The van der Waals surface area contributed by atoms with Crippen molar-refractivity contribution < 1.29 is 0 Å². The molecule has 0 N–H and O–H groups in total. The van der Waals surface area contributed by atoms with Crippen molar-refractivity contribution in [2.45, 2.75) is 40.0 Å². The van der Waals surface area contributed by atoms with Crippen molar-refractivity contribution >= 4 is 5.57 Å². The molecule has 2 aromatic carbocycles. The van der Waals surface area contributed by atoms with Gasteiger partial charge in [-0.15, -0.1) is 0 Å². The first-order chi connectivity index (χ1) is 10.1. The topological polar surface area (TPSA) is 0 Å². The second-order valence-electron chi connectivity index (χ2n) is 6.47. The monoisotopic (exact) mass is 278 g/mol. The molecule has 0 radical (unpaired) electrons. The minimum atomic E-state index is 0.365. The van der Waals surface area contributed by atoms with Crippen LogP contribution in [0.5, 0.6) is 0 Å². The number of hydrogen-bond donors (Lipinski definition) is 0. The lowest BCUT2D eigenvalue weighted by Gasteiger charge is -2.23. The third-order valence-electron chi connectivity index (χ3n) is 3.96. The lowest BCUT2D eigenvalue weighted by atomic mass is 9.83. The van der Waals surface area contributed by atoms with E-state index in [1.54, 1.807) is 0 Å². The van der Waals surface area contributed by atoms with Gasteiger partial charge in [-0.2, -0.15) is 0 Å². The second kappa shape index (κ2) is 7.26. The molecule has 0 nitrogen and oxygen atoms in total. The first-order valence-corrected chi connectivity index (χ1v) is 7.93. The van der Waals surface area contributed by atoms with E-state index in [-0.39, 0.29) is 0 Å². The maximum Gasteiger partial charge on any atom is -0.0151 e. The Labute approximate surface area is 129 Å². The molecule has 0 amide bonds. The second-order valence-corrected chi connectivity index (χ2v) is 6.47. The zero-order valence-electron chi connectivity index (χ0n) is 13.5. The van der Waals surface area contributed by atoms with E-state index in [2.05, 4.69) is 87.5 Å². The molecule has 0 aromatic heterocycles. The van der Waals surface area contributed by atoms with Gasteiger partial charge in [0.05, 0.1) is 0 Å². The van der Waals surface area contributed by atoms with Crippen molar-refractivity contribution in [3.63, 3.8) is 0 Å². The molecule has 0 aliphatic carbocycles. The van der Waals surface area contributed by atoms with Crippen LogP contribution in [-0.4, -0.2) is 0 Å². The van der Waals surface area contributed by atoms with E-state index < -0.39 is 0 Å². The lowest BCUT2D eigenvalue weighted by Crippen LogP contribution is -2.09. The normalized spacial score (nSPS) is 11.2. The molecule has 110 valence electrons. The first-order valence-electron chi connectivity index (χ1n) is 7.93. The quantitative estimate of drug-likeness (QED) is 0.578. The van der Waals surface area contributed by atoms with Crippen LogP contribution in [-0.2, 0) is 0 Å². The average molecular weight is 278 g/mol. The van der Waals surface area contributed by atoms with E-state index in [1.807, 2.05) is 0 Å². The molecule has 0 heteroatoms. The molecule has 0 bridgehead atoms. The SMILES string of the molecule is CCCC(C)(C)CC=C(c1ccccc1)c1ccccc1. The summed E-state index contributed by atoms with van der Waals surface area (Å²) >= 11 is 0. The summed E-state index contributed by atoms with van der Waals surface area (Å²) in [5, 5.41) is 0. The van der Waals surface area contributed by atoms with Crippen LogP contribution >= 0.6 is 0 Å². The van der Waals surface area contributed by atoms with Crippen LogP contribution in [0.15, 0.2) is 66.7 Å². The Morgan fingerprint density at radius 1 is 0.857 bits per heavy atom. The highest BCUT2D eigenvalue weighted by Crippen LogP contribution is 2.31. The summed E-state index contributed by atoms with van der Waals surface area (Å²) < 4.78 is 0. The van der Waals surface area contributed by atoms with Crippen LogP contribution in [0, 0.1) is 5.41 Å². The predicted octanol–water partition coefficient (Wildman–Crippen LogP) is 6.33. The van der Waals surface area contributed by atoms with Gasteiger partial charge in [-0.3, -0.25) is 0 Å². The summed E-state index contributed by atoms with van der Waals surface area (Å²) in [7, 11) is 0. The molecule has 0 heterocycles. The lowest BCUT2D eigenvalue weighted by molar-refractivity contribution is 0.336. The van der Waals surface area contributed by atoms with Crippen LogP contribution in [0.25, 0.3) is 5.57 Å². The summed E-state index contributed by atoms with van der Waals surface area (Å²) in [5.41, 5.74) is 4.32. The van der Waals surface area contributed by atoms with Crippen molar-refractivity contribution in [2.75, 3.05) is 0 Å². The Kier molecular flexibility index (Phi) is 5.38. The summed E-state index contributed by atoms with van der Waals surface area (Å²) in [6.45, 7) is 6.99. The fourth-order valence-corrected chi connectivity index (χ4v) is 2.79. The van der Waals surface area contributed by atoms with E-state index in [1.165, 1.54) is 29.5 Å². The Bertz CT molecular complexity index is 520. The molecular formula is C21H26. The number of benzene rings is 2. The number of rotatable bonds is 6. The van der Waals surface area contributed by atoms with Gasteiger partial charge in [0.1, 0.15) is 0 Å². The van der Waals surface area contributed by atoms with Crippen LogP contribution in [0.3, 0.4) is 0 Å². The molecular weight excluding hydrogens is 252 g/mol. The minimum absolute atomic E-state index is 0.365. The van der Waals surface area contributed by atoms with Gasteiger partial charge in [0.15, 0.2) is 0 Å². The van der Waals surface area contributed by atoms with E-state index in [0.29, 0.717) is 5.41 Å². The summed E-state index contributed by atoms with van der Waals surface area (Å²) in [4.78, 5) is 0. The maximum atomic E-state index is 2.42. The molecule has 0 spiro atoms. The molecule has 0 atom stereocenters. The van der Waals surface area contributed by atoms with Crippen LogP contribution in [0.4, 0.5) is 0 Å². The Morgan fingerprint density at radius 3 is 1.76 bits per heavy atom. The summed E-state index contributed by atoms with van der Waals surface area (Å²) in [6.07, 6.45) is 6.04. The van der Waals surface area contributed by atoms with Crippen LogP contribution in [0.1, 0.15) is 51.2 Å². The smallest absolute Gasteiger partial charge is 0.0151 e. The van der Waals surface area contributed by atoms with Gasteiger partial charge in [-0.05, 0) is 35.0 Å². The zero-order valence-corrected chi connectivity index (χ0v) is 13.5. The van der Waals surface area contributed by atoms with Gasteiger partial charge >= 0.3 is 0 Å². The highest BCUT2D eigenvalue weighted by Gasteiger charge is 2.15. The molecule has 0 aliphatic heterocycles. The van der Waals surface area contributed by atoms with Gasteiger partial charge in [0.25, 0.3) is 0 Å². The standard InChI is InChI=1S/C21H26/c1-4-16-21(2,3)17-15-20(18-11-7-5-8-12-18)19-13-9-6-10-14-19/h5-15H,4,16-17H2,1-3H3. The first kappa shape index (κ1) is 15.6. The van der Waals surface area contributed by atoms with Crippen molar-refractivity contribution in [1.29, 1.82) is 0 Å². The molecule has 2 rings (SSSR count). The average Bonchev–Trinajstić information content (AvgIpc) is 2.49. The minimum Gasteiger partial charge on any atom is -0.0755 e. The molecule has 0 unspecified atom stereocenters.